The Bertz CT molecular complexity index is 832. The standard InChI is InChI=1S/C13H6Br3ClN2S/c1-5-8(14)3-2-6-10(5)18-13(19-12(6)17)7-4-9(15)20-11(7)16/h2-4H,1H3. The Kier molecular flexibility index (Phi) is 4.21. The summed E-state index contributed by atoms with van der Waals surface area (Å²) in [6, 6.07) is 5.88. The van der Waals surface area contributed by atoms with Crippen LogP contribution in [-0.4, -0.2) is 9.97 Å². The van der Waals surface area contributed by atoms with E-state index in [4.69, 9.17) is 11.6 Å². The van der Waals surface area contributed by atoms with Crippen LogP contribution in [0.1, 0.15) is 5.56 Å². The van der Waals surface area contributed by atoms with Crippen molar-refractivity contribution in [3.05, 3.63) is 41.0 Å². The summed E-state index contributed by atoms with van der Waals surface area (Å²) < 4.78 is 3.01. The molecule has 0 unspecified atom stereocenters. The number of rotatable bonds is 1. The molecule has 0 radical (unpaired) electrons. The second kappa shape index (κ2) is 5.65. The van der Waals surface area contributed by atoms with Crippen LogP contribution in [0.2, 0.25) is 5.15 Å². The highest BCUT2D eigenvalue weighted by molar-refractivity contribution is 9.12. The number of fused-ring (bicyclic) bond motifs is 1. The predicted octanol–water partition coefficient (Wildman–Crippen LogP) is 6.61. The highest BCUT2D eigenvalue weighted by atomic mass is 79.9. The lowest BCUT2D eigenvalue weighted by Gasteiger charge is -2.07. The highest BCUT2D eigenvalue weighted by Gasteiger charge is 2.15. The topological polar surface area (TPSA) is 25.8 Å². The van der Waals surface area contributed by atoms with Crippen molar-refractivity contribution in [2.75, 3.05) is 0 Å². The van der Waals surface area contributed by atoms with E-state index in [1.165, 1.54) is 0 Å². The maximum Gasteiger partial charge on any atom is 0.163 e. The average molecular weight is 497 g/mol. The third-order valence-electron chi connectivity index (χ3n) is 2.91. The minimum absolute atomic E-state index is 0.467. The maximum absolute atomic E-state index is 6.31. The lowest BCUT2D eigenvalue weighted by Crippen LogP contribution is -1.93. The van der Waals surface area contributed by atoms with Crippen molar-refractivity contribution >= 4 is 81.6 Å². The van der Waals surface area contributed by atoms with Gasteiger partial charge < -0.3 is 0 Å². The Morgan fingerprint density at radius 1 is 1.15 bits per heavy atom. The first kappa shape index (κ1) is 14.9. The van der Waals surface area contributed by atoms with Gasteiger partial charge in [0.05, 0.1) is 13.1 Å². The molecule has 0 spiro atoms. The number of hydrogen-bond donors (Lipinski definition) is 0. The van der Waals surface area contributed by atoms with Gasteiger partial charge in [-0.05, 0) is 62.5 Å². The Morgan fingerprint density at radius 3 is 2.55 bits per heavy atom. The summed E-state index contributed by atoms with van der Waals surface area (Å²) >= 11 is 18.4. The Labute approximate surface area is 150 Å². The van der Waals surface area contributed by atoms with E-state index in [0.29, 0.717) is 11.0 Å². The number of aryl methyl sites for hydroxylation is 1. The number of hydrogen-bond acceptors (Lipinski definition) is 3. The quantitative estimate of drug-likeness (QED) is 0.354. The van der Waals surface area contributed by atoms with Crippen LogP contribution in [-0.2, 0) is 0 Å². The molecule has 2 nitrogen and oxygen atoms in total. The zero-order valence-electron chi connectivity index (χ0n) is 10.0. The van der Waals surface area contributed by atoms with Gasteiger partial charge in [-0.3, -0.25) is 0 Å². The Balaban J connectivity index is 2.34. The van der Waals surface area contributed by atoms with Crippen LogP contribution >= 0.6 is 70.7 Å². The monoisotopic (exact) mass is 494 g/mol. The maximum atomic E-state index is 6.31. The van der Waals surface area contributed by atoms with E-state index >= 15 is 0 Å². The predicted molar refractivity (Wildman–Crippen MR) is 95.7 cm³/mol. The number of nitrogens with zero attached hydrogens (tertiary/aromatic N) is 2. The fourth-order valence-corrected chi connectivity index (χ4v) is 5.23. The van der Waals surface area contributed by atoms with Gasteiger partial charge in [0.2, 0.25) is 0 Å². The molecule has 0 N–H and O–H groups in total. The molecule has 0 aliphatic heterocycles. The van der Waals surface area contributed by atoms with Gasteiger partial charge in [0, 0.05) is 15.4 Å². The number of thiophene rings is 1. The molecule has 0 fully saturated rings. The number of benzene rings is 1. The van der Waals surface area contributed by atoms with Gasteiger partial charge in [-0.1, -0.05) is 27.5 Å². The molecule has 2 heterocycles. The lowest BCUT2D eigenvalue weighted by molar-refractivity contribution is 1.21. The van der Waals surface area contributed by atoms with Crippen molar-refractivity contribution in [3.8, 4) is 11.4 Å². The minimum Gasteiger partial charge on any atom is -0.227 e. The molecule has 3 rings (SSSR count). The molecule has 0 saturated heterocycles. The van der Waals surface area contributed by atoms with Crippen molar-refractivity contribution in [2.45, 2.75) is 6.92 Å². The van der Waals surface area contributed by atoms with E-state index in [1.807, 2.05) is 25.1 Å². The number of halogens is 4. The smallest absolute Gasteiger partial charge is 0.163 e. The molecule has 0 aliphatic rings. The Hall–Kier alpha value is -0.0100. The summed E-state index contributed by atoms with van der Waals surface area (Å²) in [4.78, 5) is 9.08. The molecule has 0 bridgehead atoms. The van der Waals surface area contributed by atoms with Gasteiger partial charge in [0.15, 0.2) is 5.82 Å². The van der Waals surface area contributed by atoms with E-state index in [-0.39, 0.29) is 0 Å². The van der Waals surface area contributed by atoms with Gasteiger partial charge >= 0.3 is 0 Å². The minimum atomic E-state index is 0.467. The molecule has 0 amide bonds. The van der Waals surface area contributed by atoms with Gasteiger partial charge in [-0.25, -0.2) is 9.97 Å². The molecular formula is C13H6Br3ClN2S. The van der Waals surface area contributed by atoms with E-state index in [1.54, 1.807) is 11.3 Å². The molecule has 102 valence electrons. The van der Waals surface area contributed by atoms with Crippen molar-refractivity contribution in [1.82, 2.24) is 9.97 Å². The normalized spacial score (nSPS) is 11.2. The third-order valence-corrected chi connectivity index (χ3v) is 6.39. The molecule has 0 aliphatic carbocycles. The van der Waals surface area contributed by atoms with E-state index in [9.17, 15) is 0 Å². The van der Waals surface area contributed by atoms with Gasteiger partial charge in [-0.2, -0.15) is 0 Å². The Morgan fingerprint density at radius 2 is 1.90 bits per heavy atom. The zero-order chi connectivity index (χ0) is 14.4. The SMILES string of the molecule is Cc1c(Br)ccc2c(Cl)nc(-c3cc(Br)sc3Br)nc12. The second-order valence-corrected chi connectivity index (χ2v) is 9.11. The first-order valence-corrected chi connectivity index (χ1v) is 9.12. The molecule has 7 heteroatoms. The molecular weight excluding hydrogens is 491 g/mol. The van der Waals surface area contributed by atoms with Crippen molar-refractivity contribution in [2.24, 2.45) is 0 Å². The first-order chi connectivity index (χ1) is 9.47. The third kappa shape index (κ3) is 2.57. The highest BCUT2D eigenvalue weighted by Crippen LogP contribution is 2.38. The van der Waals surface area contributed by atoms with Crippen LogP contribution < -0.4 is 0 Å². The van der Waals surface area contributed by atoms with Crippen molar-refractivity contribution < 1.29 is 0 Å². The van der Waals surface area contributed by atoms with Crippen LogP contribution in [0.3, 0.4) is 0 Å². The largest absolute Gasteiger partial charge is 0.227 e. The summed E-state index contributed by atoms with van der Waals surface area (Å²) in [6.07, 6.45) is 0. The summed E-state index contributed by atoms with van der Waals surface area (Å²) in [5.74, 6) is 0.623. The van der Waals surface area contributed by atoms with Crippen LogP contribution in [0.5, 0.6) is 0 Å². The molecule has 0 atom stereocenters. The lowest BCUT2D eigenvalue weighted by atomic mass is 10.1. The summed E-state index contributed by atoms with van der Waals surface area (Å²) in [7, 11) is 0. The van der Waals surface area contributed by atoms with E-state index < -0.39 is 0 Å². The summed E-state index contributed by atoms with van der Waals surface area (Å²) in [5.41, 5.74) is 2.85. The van der Waals surface area contributed by atoms with Gasteiger partial charge in [0.25, 0.3) is 0 Å². The number of aromatic nitrogens is 2. The fraction of sp³-hybridized carbons (Fsp3) is 0.0769. The summed E-state index contributed by atoms with van der Waals surface area (Å²) in [5, 5.41) is 1.33. The van der Waals surface area contributed by atoms with Crippen LogP contribution in [0.15, 0.2) is 30.2 Å². The van der Waals surface area contributed by atoms with Crippen molar-refractivity contribution in [1.29, 1.82) is 0 Å². The van der Waals surface area contributed by atoms with Crippen molar-refractivity contribution in [3.63, 3.8) is 0 Å². The molecule has 20 heavy (non-hydrogen) atoms. The molecule has 3 aromatic rings. The molecule has 1 aromatic carbocycles. The van der Waals surface area contributed by atoms with Gasteiger partial charge in [-0.15, -0.1) is 11.3 Å². The van der Waals surface area contributed by atoms with Crippen LogP contribution in [0.4, 0.5) is 0 Å². The molecule has 0 saturated carbocycles. The first-order valence-electron chi connectivity index (χ1n) is 5.55. The average Bonchev–Trinajstić information content (AvgIpc) is 2.73. The second-order valence-electron chi connectivity index (χ2n) is 4.14. The van der Waals surface area contributed by atoms with Crippen LogP contribution in [0, 0.1) is 6.92 Å². The van der Waals surface area contributed by atoms with Gasteiger partial charge in [0.1, 0.15) is 5.15 Å². The zero-order valence-corrected chi connectivity index (χ0v) is 16.4. The fourth-order valence-electron chi connectivity index (χ4n) is 1.88. The van der Waals surface area contributed by atoms with E-state index in [0.717, 1.165) is 34.1 Å². The molecule has 2 aromatic heterocycles. The van der Waals surface area contributed by atoms with Crippen LogP contribution in [0.25, 0.3) is 22.3 Å². The summed E-state index contributed by atoms with van der Waals surface area (Å²) in [6.45, 7) is 2.01. The van der Waals surface area contributed by atoms with E-state index in [2.05, 4.69) is 57.8 Å².